The van der Waals surface area contributed by atoms with Crippen LogP contribution in [-0.2, 0) is 9.53 Å². The quantitative estimate of drug-likeness (QED) is 0.289. The van der Waals surface area contributed by atoms with Crippen LogP contribution in [0.3, 0.4) is 0 Å². The molecule has 0 aromatic heterocycles. The molecule has 1 heterocycles. The number of halogens is 2. The zero-order chi connectivity index (χ0) is 25.3. The summed E-state index contributed by atoms with van der Waals surface area (Å²) in [6.45, 7) is 8.19. The number of aryl methyl sites for hydroxylation is 4. The second kappa shape index (κ2) is 10.6. The summed E-state index contributed by atoms with van der Waals surface area (Å²) in [5, 5.41) is 11.4. The molecule has 0 spiro atoms. The zero-order valence-electron chi connectivity index (χ0n) is 20.4. The zero-order valence-corrected chi connectivity index (χ0v) is 21.9. The van der Waals surface area contributed by atoms with Crippen LogP contribution in [0.5, 0.6) is 5.75 Å². The Labute approximate surface area is 216 Å². The van der Waals surface area contributed by atoms with E-state index in [0.29, 0.717) is 16.5 Å². The van der Waals surface area contributed by atoms with Crippen molar-refractivity contribution in [2.45, 2.75) is 58.7 Å². The number of aliphatic hydroxyl groups is 1. The highest BCUT2D eigenvalue weighted by Gasteiger charge is 2.29. The van der Waals surface area contributed by atoms with Gasteiger partial charge in [0.15, 0.2) is 0 Å². The van der Waals surface area contributed by atoms with Crippen LogP contribution < -0.4 is 4.74 Å². The first-order valence-corrected chi connectivity index (χ1v) is 12.5. The molecule has 1 saturated heterocycles. The van der Waals surface area contributed by atoms with Gasteiger partial charge < -0.3 is 14.6 Å². The number of aliphatic hydroxyl groups excluding tert-OH is 1. The second-order valence-corrected chi connectivity index (χ2v) is 10.3. The minimum absolute atomic E-state index is 0.0236. The van der Waals surface area contributed by atoms with Crippen molar-refractivity contribution in [1.29, 1.82) is 0 Å². The molecule has 6 heteroatoms. The monoisotopic (exact) mass is 512 g/mol. The summed E-state index contributed by atoms with van der Waals surface area (Å²) in [7, 11) is 0. The Morgan fingerprint density at radius 3 is 2.09 bits per heavy atom. The maximum absolute atomic E-state index is 11.8. The molecule has 3 aromatic rings. The minimum Gasteiger partial charge on any atom is -0.489 e. The van der Waals surface area contributed by atoms with E-state index in [1.807, 2.05) is 45.0 Å². The average Bonchev–Trinajstić information content (AvgIpc) is 2.77. The normalized spacial score (nSPS) is 18.0. The van der Waals surface area contributed by atoms with Crippen LogP contribution in [0, 0.1) is 27.7 Å². The number of carbonyl (C=O) groups excluding carboxylic acids is 1. The third-order valence-corrected chi connectivity index (χ3v) is 7.28. The predicted octanol–water partition coefficient (Wildman–Crippen LogP) is 6.85. The largest absolute Gasteiger partial charge is 0.489 e. The molecule has 184 valence electrons. The van der Waals surface area contributed by atoms with E-state index >= 15 is 0 Å². The van der Waals surface area contributed by atoms with Crippen LogP contribution in [-0.4, -0.2) is 29.9 Å². The number of ether oxygens (including phenoxy) is 2. The first kappa shape index (κ1) is 25.6. The second-order valence-electron chi connectivity index (χ2n) is 9.47. The van der Waals surface area contributed by atoms with Crippen LogP contribution in [0.15, 0.2) is 48.5 Å². The van der Waals surface area contributed by atoms with Crippen LogP contribution >= 0.6 is 23.2 Å². The molecule has 4 rings (SSSR count). The molecule has 35 heavy (non-hydrogen) atoms. The summed E-state index contributed by atoms with van der Waals surface area (Å²) < 4.78 is 11.7. The summed E-state index contributed by atoms with van der Waals surface area (Å²) in [6, 6.07) is 16.4. The van der Waals surface area contributed by atoms with Gasteiger partial charge in [0.1, 0.15) is 18.5 Å². The number of hydrogen-bond donors (Lipinski definition) is 1. The lowest BCUT2D eigenvalue weighted by atomic mass is 9.82. The highest BCUT2D eigenvalue weighted by Crippen LogP contribution is 2.41. The molecule has 0 bridgehead atoms. The van der Waals surface area contributed by atoms with Gasteiger partial charge in [-0.1, -0.05) is 65.2 Å². The van der Waals surface area contributed by atoms with Gasteiger partial charge in [-0.05, 0) is 67.6 Å². The molecule has 1 aliphatic rings. The third kappa shape index (κ3) is 5.83. The van der Waals surface area contributed by atoms with E-state index in [2.05, 4.69) is 31.2 Å². The molecule has 0 saturated carbocycles. The lowest BCUT2D eigenvalue weighted by molar-refractivity contribution is -0.162. The van der Waals surface area contributed by atoms with Crippen molar-refractivity contribution in [2.24, 2.45) is 0 Å². The third-order valence-electron chi connectivity index (χ3n) is 6.47. The van der Waals surface area contributed by atoms with E-state index in [1.165, 1.54) is 0 Å². The molecule has 3 aromatic carbocycles. The predicted molar refractivity (Wildman–Crippen MR) is 140 cm³/mol. The number of rotatable bonds is 6. The lowest BCUT2D eigenvalue weighted by Gasteiger charge is -2.28. The Kier molecular flexibility index (Phi) is 7.75. The Hall–Kier alpha value is -2.53. The van der Waals surface area contributed by atoms with Gasteiger partial charge in [-0.25, -0.2) is 0 Å². The fraction of sp³-hybridized carbons (Fsp3) is 0.345. The van der Waals surface area contributed by atoms with E-state index in [0.717, 1.165) is 44.7 Å². The molecular weight excluding hydrogens is 483 g/mol. The highest BCUT2D eigenvalue weighted by molar-refractivity contribution is 6.31. The smallest absolute Gasteiger partial charge is 0.308 e. The molecule has 0 radical (unpaired) electrons. The van der Waals surface area contributed by atoms with Gasteiger partial charge in [-0.15, -0.1) is 0 Å². The van der Waals surface area contributed by atoms with Crippen LogP contribution in [0.25, 0.3) is 0 Å². The lowest BCUT2D eigenvalue weighted by Crippen LogP contribution is -2.36. The molecule has 2 unspecified atom stereocenters. The van der Waals surface area contributed by atoms with Crippen molar-refractivity contribution in [2.75, 3.05) is 6.61 Å². The average molecular weight is 513 g/mol. The molecule has 1 aliphatic heterocycles. The summed E-state index contributed by atoms with van der Waals surface area (Å²) in [5.74, 6) is 0.143. The molecule has 0 amide bonds. The summed E-state index contributed by atoms with van der Waals surface area (Å²) in [4.78, 5) is 11.8. The van der Waals surface area contributed by atoms with Crippen LogP contribution in [0.1, 0.15) is 57.7 Å². The van der Waals surface area contributed by atoms with E-state index in [9.17, 15) is 9.90 Å². The topological polar surface area (TPSA) is 55.8 Å². The maximum atomic E-state index is 11.8. The number of benzene rings is 3. The first-order chi connectivity index (χ1) is 16.6. The molecular formula is C29H30Cl2O4. The van der Waals surface area contributed by atoms with Crippen molar-refractivity contribution in [1.82, 2.24) is 0 Å². The van der Waals surface area contributed by atoms with Gasteiger partial charge in [-0.3, -0.25) is 4.79 Å². The van der Waals surface area contributed by atoms with Crippen molar-refractivity contribution in [3.8, 4) is 5.75 Å². The molecule has 4 nitrogen and oxygen atoms in total. The summed E-state index contributed by atoms with van der Waals surface area (Å²) in [5.41, 5.74) is 7.11. The Morgan fingerprint density at radius 2 is 1.54 bits per heavy atom. The first-order valence-electron chi connectivity index (χ1n) is 11.8. The number of carbonyl (C=O) groups is 1. The standard InChI is InChI=1S/C29H30Cl2O4/c1-16-9-19(4)29(34-15-23-13-22(32)14-27(33)35-23)24(10-16)28(20-7-5-17(2)25(30)11-20)21-8-6-18(3)26(31)12-21/h5-12,22-23,28,32H,13-15H2,1-4H3. The van der Waals surface area contributed by atoms with E-state index in [-0.39, 0.29) is 18.9 Å². The Bertz CT molecular complexity index is 1200. The van der Waals surface area contributed by atoms with Crippen LogP contribution in [0.4, 0.5) is 0 Å². The number of esters is 1. The SMILES string of the molecule is Cc1cc(C)c(OCC2CC(O)CC(=O)O2)c(C(c2ccc(C)c(Cl)c2)c2ccc(C)c(Cl)c2)c1. The molecule has 1 N–H and O–H groups in total. The van der Waals surface area contributed by atoms with Crippen molar-refractivity contribution in [3.63, 3.8) is 0 Å². The number of hydrogen-bond acceptors (Lipinski definition) is 4. The Balaban J connectivity index is 1.81. The van der Waals surface area contributed by atoms with Crippen LogP contribution in [0.2, 0.25) is 10.0 Å². The Morgan fingerprint density at radius 1 is 0.943 bits per heavy atom. The van der Waals surface area contributed by atoms with E-state index in [4.69, 9.17) is 32.7 Å². The van der Waals surface area contributed by atoms with Gasteiger partial charge >= 0.3 is 5.97 Å². The fourth-order valence-corrected chi connectivity index (χ4v) is 5.05. The van der Waals surface area contributed by atoms with Gasteiger partial charge in [0.05, 0.1) is 12.5 Å². The van der Waals surface area contributed by atoms with Crippen molar-refractivity contribution in [3.05, 3.63) is 97.5 Å². The van der Waals surface area contributed by atoms with Crippen molar-refractivity contribution >= 4 is 29.2 Å². The van der Waals surface area contributed by atoms with Crippen molar-refractivity contribution < 1.29 is 19.4 Å². The van der Waals surface area contributed by atoms with E-state index < -0.39 is 18.2 Å². The summed E-state index contributed by atoms with van der Waals surface area (Å²) >= 11 is 13.1. The summed E-state index contributed by atoms with van der Waals surface area (Å²) in [6.07, 6.45) is -0.826. The van der Waals surface area contributed by atoms with Gasteiger partial charge in [0, 0.05) is 27.9 Å². The molecule has 0 aliphatic carbocycles. The fourth-order valence-electron chi connectivity index (χ4n) is 4.67. The van der Waals surface area contributed by atoms with Gasteiger partial charge in [-0.2, -0.15) is 0 Å². The molecule has 2 atom stereocenters. The maximum Gasteiger partial charge on any atom is 0.308 e. The van der Waals surface area contributed by atoms with Gasteiger partial charge in [0.25, 0.3) is 0 Å². The highest BCUT2D eigenvalue weighted by atomic mass is 35.5. The number of cyclic esters (lactones) is 1. The molecule has 1 fully saturated rings. The van der Waals surface area contributed by atoms with E-state index in [1.54, 1.807) is 0 Å². The van der Waals surface area contributed by atoms with Gasteiger partial charge in [0.2, 0.25) is 0 Å². The minimum atomic E-state index is -0.708.